The molecule has 1 aromatic rings. The van der Waals surface area contributed by atoms with Gasteiger partial charge in [-0.15, -0.1) is 0 Å². The number of esters is 2. The molecule has 0 amide bonds. The average Bonchev–Trinajstić information content (AvgIpc) is 3.32. The molecule has 1 aromatic heterocycles. The van der Waals surface area contributed by atoms with E-state index in [1.165, 1.54) is 12.5 Å². The summed E-state index contributed by atoms with van der Waals surface area (Å²) < 4.78 is 16.2. The number of aliphatic hydroxyl groups excluding tert-OH is 1. The van der Waals surface area contributed by atoms with Crippen LogP contribution in [0.4, 0.5) is 0 Å². The number of cyclic esters (lactones) is 2. The predicted octanol–water partition coefficient (Wildman–Crippen LogP) is 1.65. The van der Waals surface area contributed by atoms with Gasteiger partial charge in [-0.3, -0.25) is 4.79 Å². The highest BCUT2D eigenvalue weighted by Gasteiger charge is 2.75. The molecule has 0 unspecified atom stereocenters. The standard InChI is InChI=1S/C20H22O7/c1-18(24)8-15(21)19-10-26-16(22)12(19)3-2-4-14(19)20(18)7-13(27-17(20)23)11-5-6-25-9-11/h3,5-6,9,13-15,21,24H,2,4,7-8,10H2,1H3/t13-,14-,15+,18-,19-,20+/m0/s1. The number of carbonyl (C=O) groups is 2. The largest absolute Gasteiger partial charge is 0.472 e. The van der Waals surface area contributed by atoms with E-state index in [-0.39, 0.29) is 19.4 Å². The molecule has 6 atom stereocenters. The first-order valence-corrected chi connectivity index (χ1v) is 9.34. The first kappa shape index (κ1) is 17.0. The first-order chi connectivity index (χ1) is 12.8. The molecule has 1 saturated carbocycles. The van der Waals surface area contributed by atoms with Gasteiger partial charge in [0.15, 0.2) is 0 Å². The molecule has 0 bridgehead atoms. The van der Waals surface area contributed by atoms with E-state index >= 15 is 0 Å². The van der Waals surface area contributed by atoms with Gasteiger partial charge in [0.2, 0.25) is 0 Å². The van der Waals surface area contributed by atoms with Crippen molar-refractivity contribution in [2.45, 2.75) is 50.4 Å². The summed E-state index contributed by atoms with van der Waals surface area (Å²) in [4.78, 5) is 25.6. The van der Waals surface area contributed by atoms with Gasteiger partial charge in [0, 0.05) is 24.0 Å². The van der Waals surface area contributed by atoms with Crippen LogP contribution in [0.15, 0.2) is 34.7 Å². The maximum Gasteiger partial charge on any atom is 0.334 e. The molecule has 2 aliphatic heterocycles. The van der Waals surface area contributed by atoms with Crippen molar-refractivity contribution in [1.29, 1.82) is 0 Å². The topological polar surface area (TPSA) is 106 Å². The second-order valence-corrected chi connectivity index (χ2v) is 8.48. The van der Waals surface area contributed by atoms with Crippen LogP contribution in [0.5, 0.6) is 0 Å². The normalized spacial score (nSPS) is 45.9. The summed E-state index contributed by atoms with van der Waals surface area (Å²) in [5.74, 6) is -1.36. The summed E-state index contributed by atoms with van der Waals surface area (Å²) in [5.41, 5.74) is -2.47. The molecule has 27 heavy (non-hydrogen) atoms. The highest BCUT2D eigenvalue weighted by Crippen LogP contribution is 2.68. The van der Waals surface area contributed by atoms with Crippen molar-refractivity contribution in [3.63, 3.8) is 0 Å². The lowest BCUT2D eigenvalue weighted by Crippen LogP contribution is -2.68. The Kier molecular flexibility index (Phi) is 3.30. The quantitative estimate of drug-likeness (QED) is 0.720. The van der Waals surface area contributed by atoms with Crippen molar-refractivity contribution in [2.75, 3.05) is 6.61 Å². The third kappa shape index (κ3) is 1.88. The second kappa shape index (κ2) is 5.23. The lowest BCUT2D eigenvalue weighted by molar-refractivity contribution is -0.217. The van der Waals surface area contributed by atoms with Gasteiger partial charge in [0.25, 0.3) is 0 Å². The Morgan fingerprint density at radius 1 is 1.26 bits per heavy atom. The van der Waals surface area contributed by atoms with Crippen LogP contribution < -0.4 is 0 Å². The van der Waals surface area contributed by atoms with E-state index in [1.807, 2.05) is 6.08 Å². The molecule has 5 rings (SSSR count). The molecule has 2 spiro atoms. The molecule has 2 N–H and O–H groups in total. The molecule has 2 saturated heterocycles. The summed E-state index contributed by atoms with van der Waals surface area (Å²) >= 11 is 0. The number of carbonyl (C=O) groups excluding carboxylic acids is 2. The number of rotatable bonds is 1. The Morgan fingerprint density at radius 2 is 2.07 bits per heavy atom. The number of hydrogen-bond acceptors (Lipinski definition) is 7. The number of aliphatic hydroxyl groups is 2. The van der Waals surface area contributed by atoms with Crippen molar-refractivity contribution in [3.8, 4) is 0 Å². The van der Waals surface area contributed by atoms with Crippen molar-refractivity contribution in [3.05, 3.63) is 35.8 Å². The van der Waals surface area contributed by atoms with Crippen LogP contribution >= 0.6 is 0 Å². The van der Waals surface area contributed by atoms with Gasteiger partial charge in [-0.25, -0.2) is 4.79 Å². The Hall–Kier alpha value is -2.12. The van der Waals surface area contributed by atoms with Gasteiger partial charge < -0.3 is 24.1 Å². The van der Waals surface area contributed by atoms with Crippen LogP contribution in [0.1, 0.15) is 44.3 Å². The number of ether oxygens (including phenoxy) is 2. The van der Waals surface area contributed by atoms with Crippen LogP contribution in [-0.4, -0.2) is 40.5 Å². The predicted molar refractivity (Wildman–Crippen MR) is 90.0 cm³/mol. The Balaban J connectivity index is 1.66. The van der Waals surface area contributed by atoms with E-state index in [9.17, 15) is 19.8 Å². The molecule has 2 aliphatic carbocycles. The maximum absolute atomic E-state index is 13.3. The Morgan fingerprint density at radius 3 is 2.81 bits per heavy atom. The molecule has 144 valence electrons. The molecule has 4 aliphatic rings. The third-order valence-electron chi connectivity index (χ3n) is 7.37. The Bertz CT molecular complexity index is 839. The van der Waals surface area contributed by atoms with Gasteiger partial charge in [0.1, 0.15) is 18.1 Å². The number of fused-ring (bicyclic) bond motifs is 1. The molecule has 3 fully saturated rings. The fraction of sp³-hybridized carbons (Fsp3) is 0.600. The van der Waals surface area contributed by atoms with Crippen LogP contribution in [0.3, 0.4) is 0 Å². The molecule has 3 heterocycles. The van der Waals surface area contributed by atoms with E-state index in [0.29, 0.717) is 18.4 Å². The smallest absolute Gasteiger partial charge is 0.334 e. The fourth-order valence-corrected chi connectivity index (χ4v) is 6.07. The minimum atomic E-state index is -1.47. The van der Waals surface area contributed by atoms with Crippen molar-refractivity contribution >= 4 is 11.9 Å². The van der Waals surface area contributed by atoms with Gasteiger partial charge in [0.05, 0.1) is 29.6 Å². The van der Waals surface area contributed by atoms with Gasteiger partial charge in [-0.05, 0) is 31.7 Å². The SMILES string of the molecule is C[C@]1(O)C[C@@H](O)[C@@]23COC(=O)C2=CCC[C@@H]3[C@@]12C[C@@H](c1ccoc1)OC2=O. The lowest BCUT2D eigenvalue weighted by atomic mass is 9.44. The highest BCUT2D eigenvalue weighted by atomic mass is 16.6. The fourth-order valence-electron chi connectivity index (χ4n) is 6.07. The minimum absolute atomic E-state index is 0.0231. The number of furan rings is 1. The zero-order valence-electron chi connectivity index (χ0n) is 15.0. The summed E-state index contributed by atoms with van der Waals surface area (Å²) in [7, 11) is 0. The van der Waals surface area contributed by atoms with Crippen molar-refractivity contribution in [1.82, 2.24) is 0 Å². The highest BCUT2D eigenvalue weighted by molar-refractivity contribution is 5.94. The average molecular weight is 374 g/mol. The monoisotopic (exact) mass is 374 g/mol. The molecular weight excluding hydrogens is 352 g/mol. The minimum Gasteiger partial charge on any atom is -0.472 e. The summed E-state index contributed by atoms with van der Waals surface area (Å²) in [6.45, 7) is 1.63. The Labute approximate surface area is 155 Å². The van der Waals surface area contributed by atoms with Gasteiger partial charge in [-0.1, -0.05) is 6.08 Å². The van der Waals surface area contributed by atoms with Crippen molar-refractivity contribution < 1.29 is 33.7 Å². The molecule has 7 nitrogen and oxygen atoms in total. The number of hydrogen-bond donors (Lipinski definition) is 2. The van der Waals surface area contributed by atoms with E-state index in [1.54, 1.807) is 13.0 Å². The maximum atomic E-state index is 13.3. The summed E-state index contributed by atoms with van der Waals surface area (Å²) in [5, 5.41) is 22.4. The van der Waals surface area contributed by atoms with Crippen molar-refractivity contribution in [2.24, 2.45) is 16.7 Å². The molecular formula is C20H22O7. The molecule has 0 radical (unpaired) electrons. The van der Waals surface area contributed by atoms with Crippen LogP contribution in [0, 0.1) is 16.7 Å². The number of allylic oxidation sites excluding steroid dienone is 1. The van der Waals surface area contributed by atoms with Crippen LogP contribution in [0.2, 0.25) is 0 Å². The summed E-state index contributed by atoms with van der Waals surface area (Å²) in [6.07, 6.45) is 4.78. The van der Waals surface area contributed by atoms with Crippen LogP contribution in [-0.2, 0) is 19.1 Å². The van der Waals surface area contributed by atoms with Gasteiger partial charge >= 0.3 is 11.9 Å². The van der Waals surface area contributed by atoms with E-state index in [0.717, 1.165) is 5.56 Å². The first-order valence-electron chi connectivity index (χ1n) is 9.34. The third-order valence-corrected chi connectivity index (χ3v) is 7.37. The van der Waals surface area contributed by atoms with E-state index in [4.69, 9.17) is 13.9 Å². The second-order valence-electron chi connectivity index (χ2n) is 8.48. The van der Waals surface area contributed by atoms with Gasteiger partial charge in [-0.2, -0.15) is 0 Å². The summed E-state index contributed by atoms with van der Waals surface area (Å²) in [6, 6.07) is 1.74. The van der Waals surface area contributed by atoms with E-state index in [2.05, 4.69) is 0 Å². The molecule has 7 heteroatoms. The van der Waals surface area contributed by atoms with Crippen LogP contribution in [0.25, 0.3) is 0 Å². The zero-order valence-corrected chi connectivity index (χ0v) is 15.0. The van der Waals surface area contributed by atoms with E-state index < -0.39 is 46.5 Å². The zero-order chi connectivity index (χ0) is 19.0. The molecule has 0 aromatic carbocycles. The lowest BCUT2D eigenvalue weighted by Gasteiger charge is -2.59.